The van der Waals surface area contributed by atoms with E-state index in [2.05, 4.69) is 10.2 Å². The van der Waals surface area contributed by atoms with Crippen LogP contribution in [0.25, 0.3) is 0 Å². The number of nitrogens with zero attached hydrogens (tertiary/aromatic N) is 1. The molecule has 0 saturated carbocycles. The molecule has 0 aliphatic carbocycles. The quantitative estimate of drug-likeness (QED) is 0.700. The molecule has 0 amide bonds. The molecule has 0 bridgehead atoms. The molecule has 3 nitrogen and oxygen atoms in total. The van der Waals surface area contributed by atoms with Crippen molar-refractivity contribution in [2.75, 3.05) is 20.1 Å². The average molecular weight is 214 g/mol. The highest BCUT2D eigenvalue weighted by Gasteiger charge is 2.24. The highest BCUT2D eigenvalue weighted by atomic mass is 32.1. The van der Waals surface area contributed by atoms with Gasteiger partial charge in [-0.15, -0.1) is 0 Å². The fourth-order valence-electron chi connectivity index (χ4n) is 1.85. The molecule has 0 aromatic heterocycles. The molecule has 1 rings (SSSR count). The van der Waals surface area contributed by atoms with Crippen LogP contribution in [-0.4, -0.2) is 35.9 Å². The highest BCUT2D eigenvalue weighted by Crippen LogP contribution is 2.19. The number of piperidine rings is 1. The van der Waals surface area contributed by atoms with Crippen molar-refractivity contribution in [3.8, 4) is 0 Å². The van der Waals surface area contributed by atoms with Crippen LogP contribution in [-0.2, 0) is 4.79 Å². The fraction of sp³-hybridized carbons (Fsp3) is 0.800. The highest BCUT2D eigenvalue weighted by molar-refractivity contribution is 7.80. The van der Waals surface area contributed by atoms with Gasteiger partial charge in [-0.25, -0.2) is 0 Å². The first-order valence-electron chi connectivity index (χ1n) is 5.18. The Morgan fingerprint density at radius 1 is 1.50 bits per heavy atom. The SMILES string of the molecule is CCC(=O)C1CCN(C(=S)NC)CC1. The van der Waals surface area contributed by atoms with Gasteiger partial charge in [0.15, 0.2) is 5.11 Å². The summed E-state index contributed by atoms with van der Waals surface area (Å²) < 4.78 is 0. The van der Waals surface area contributed by atoms with E-state index in [-0.39, 0.29) is 5.92 Å². The summed E-state index contributed by atoms with van der Waals surface area (Å²) >= 11 is 5.14. The third-order valence-corrected chi connectivity index (χ3v) is 3.26. The fourth-order valence-corrected chi connectivity index (χ4v) is 2.03. The van der Waals surface area contributed by atoms with E-state index in [0.717, 1.165) is 31.0 Å². The second-order valence-corrected chi connectivity index (χ2v) is 4.02. The summed E-state index contributed by atoms with van der Waals surface area (Å²) in [5.74, 6) is 0.677. The Morgan fingerprint density at radius 2 is 2.07 bits per heavy atom. The zero-order valence-electron chi connectivity index (χ0n) is 8.88. The summed E-state index contributed by atoms with van der Waals surface area (Å²) in [4.78, 5) is 13.6. The molecule has 0 aromatic carbocycles. The Morgan fingerprint density at radius 3 is 2.50 bits per heavy atom. The van der Waals surface area contributed by atoms with Crippen LogP contribution < -0.4 is 5.32 Å². The van der Waals surface area contributed by atoms with Crippen molar-refractivity contribution in [1.82, 2.24) is 10.2 Å². The molecule has 0 aromatic rings. The molecule has 1 aliphatic rings. The van der Waals surface area contributed by atoms with Crippen LogP contribution in [0.5, 0.6) is 0 Å². The zero-order valence-corrected chi connectivity index (χ0v) is 9.69. The zero-order chi connectivity index (χ0) is 10.6. The maximum atomic E-state index is 11.4. The van der Waals surface area contributed by atoms with Crippen molar-refractivity contribution in [3.05, 3.63) is 0 Å². The first kappa shape index (κ1) is 11.4. The van der Waals surface area contributed by atoms with Crippen molar-refractivity contribution in [3.63, 3.8) is 0 Å². The predicted octanol–water partition coefficient (Wildman–Crippen LogP) is 1.18. The maximum Gasteiger partial charge on any atom is 0.168 e. The van der Waals surface area contributed by atoms with Gasteiger partial charge in [0, 0.05) is 32.5 Å². The number of carbonyl (C=O) groups excluding carboxylic acids is 1. The average Bonchev–Trinajstić information content (AvgIpc) is 2.27. The largest absolute Gasteiger partial charge is 0.366 e. The van der Waals surface area contributed by atoms with Gasteiger partial charge in [0.2, 0.25) is 0 Å². The lowest BCUT2D eigenvalue weighted by Crippen LogP contribution is -2.44. The molecule has 1 heterocycles. The van der Waals surface area contributed by atoms with Gasteiger partial charge in [0.25, 0.3) is 0 Å². The maximum absolute atomic E-state index is 11.4. The molecule has 1 N–H and O–H groups in total. The van der Waals surface area contributed by atoms with E-state index in [4.69, 9.17) is 12.2 Å². The number of thiocarbonyl (C=S) groups is 1. The van der Waals surface area contributed by atoms with Gasteiger partial charge >= 0.3 is 0 Å². The lowest BCUT2D eigenvalue weighted by atomic mass is 9.91. The van der Waals surface area contributed by atoms with Gasteiger partial charge in [-0.05, 0) is 25.1 Å². The van der Waals surface area contributed by atoms with Crippen LogP contribution in [0.15, 0.2) is 0 Å². The van der Waals surface area contributed by atoms with E-state index >= 15 is 0 Å². The van der Waals surface area contributed by atoms with Crippen LogP contribution in [0.3, 0.4) is 0 Å². The first-order valence-corrected chi connectivity index (χ1v) is 5.59. The molecule has 4 heteroatoms. The third kappa shape index (κ3) is 2.67. The minimum atomic E-state index is 0.274. The van der Waals surface area contributed by atoms with Crippen LogP contribution in [0.4, 0.5) is 0 Å². The summed E-state index contributed by atoms with van der Waals surface area (Å²) in [5, 5.41) is 3.76. The van der Waals surface area contributed by atoms with Crippen molar-refractivity contribution in [2.45, 2.75) is 26.2 Å². The summed E-state index contributed by atoms with van der Waals surface area (Å²) in [5.41, 5.74) is 0. The second kappa shape index (κ2) is 5.29. The van der Waals surface area contributed by atoms with Gasteiger partial charge < -0.3 is 10.2 Å². The van der Waals surface area contributed by atoms with Crippen molar-refractivity contribution >= 4 is 23.1 Å². The Labute approximate surface area is 90.8 Å². The van der Waals surface area contributed by atoms with E-state index in [1.165, 1.54) is 0 Å². The number of nitrogens with one attached hydrogen (secondary N) is 1. The Bertz CT molecular complexity index is 198. The second-order valence-electron chi connectivity index (χ2n) is 3.64. The lowest BCUT2D eigenvalue weighted by molar-refractivity contribution is -0.123. The molecule has 0 unspecified atom stereocenters. The van der Waals surface area contributed by atoms with E-state index in [1.54, 1.807) is 0 Å². The van der Waals surface area contributed by atoms with E-state index in [1.807, 2.05) is 14.0 Å². The molecule has 80 valence electrons. The minimum Gasteiger partial charge on any atom is -0.366 e. The van der Waals surface area contributed by atoms with Crippen molar-refractivity contribution in [2.24, 2.45) is 5.92 Å². The van der Waals surface area contributed by atoms with Crippen LogP contribution >= 0.6 is 12.2 Å². The topological polar surface area (TPSA) is 32.3 Å². The molecule has 0 spiro atoms. The number of likely N-dealkylation sites (tertiary alicyclic amines) is 1. The summed E-state index contributed by atoms with van der Waals surface area (Å²) in [7, 11) is 1.84. The molecule has 1 fully saturated rings. The third-order valence-electron chi connectivity index (χ3n) is 2.80. The summed E-state index contributed by atoms with van der Waals surface area (Å²) in [6.07, 6.45) is 2.57. The number of hydrogen-bond donors (Lipinski definition) is 1. The Kier molecular flexibility index (Phi) is 4.32. The smallest absolute Gasteiger partial charge is 0.168 e. The van der Waals surface area contributed by atoms with Crippen LogP contribution in [0, 0.1) is 5.92 Å². The van der Waals surface area contributed by atoms with Crippen molar-refractivity contribution in [1.29, 1.82) is 0 Å². The molecule has 1 saturated heterocycles. The van der Waals surface area contributed by atoms with Crippen LogP contribution in [0.2, 0.25) is 0 Å². The van der Waals surface area contributed by atoms with Gasteiger partial charge in [-0.1, -0.05) is 6.92 Å². The van der Waals surface area contributed by atoms with Gasteiger partial charge in [0.1, 0.15) is 5.78 Å². The number of Topliss-reactive ketones (excluding diaryl/α,β-unsaturated/α-hetero) is 1. The van der Waals surface area contributed by atoms with E-state index < -0.39 is 0 Å². The Hall–Kier alpha value is -0.640. The molecule has 0 atom stereocenters. The first-order chi connectivity index (χ1) is 6.69. The Balaban J connectivity index is 2.38. The number of hydrogen-bond acceptors (Lipinski definition) is 2. The van der Waals surface area contributed by atoms with Crippen LogP contribution in [0.1, 0.15) is 26.2 Å². The molecular weight excluding hydrogens is 196 g/mol. The number of rotatable bonds is 2. The van der Waals surface area contributed by atoms with Gasteiger partial charge in [0.05, 0.1) is 0 Å². The number of ketones is 1. The summed E-state index contributed by atoms with van der Waals surface area (Å²) in [6.45, 7) is 3.76. The normalized spacial score (nSPS) is 18.0. The monoisotopic (exact) mass is 214 g/mol. The standard InChI is InChI=1S/C10H18N2OS/c1-3-9(13)8-4-6-12(7-5-8)10(14)11-2/h8H,3-7H2,1-2H3,(H,11,14). The lowest BCUT2D eigenvalue weighted by Gasteiger charge is -2.32. The predicted molar refractivity (Wildman–Crippen MR) is 61.3 cm³/mol. The van der Waals surface area contributed by atoms with Crippen molar-refractivity contribution < 1.29 is 4.79 Å². The molecular formula is C10H18N2OS. The molecule has 0 radical (unpaired) electrons. The minimum absolute atomic E-state index is 0.274. The van der Waals surface area contributed by atoms with Gasteiger partial charge in [-0.3, -0.25) is 4.79 Å². The molecule has 14 heavy (non-hydrogen) atoms. The van der Waals surface area contributed by atoms with E-state index in [0.29, 0.717) is 12.2 Å². The van der Waals surface area contributed by atoms with E-state index in [9.17, 15) is 4.79 Å². The number of carbonyl (C=O) groups is 1. The molecule has 1 aliphatic heterocycles. The summed E-state index contributed by atoms with van der Waals surface area (Å²) in [6, 6.07) is 0. The van der Waals surface area contributed by atoms with Gasteiger partial charge in [-0.2, -0.15) is 0 Å².